The Hall–Kier alpha value is 0.01000. The summed E-state index contributed by atoms with van der Waals surface area (Å²) in [7, 11) is 1.00. The van der Waals surface area contributed by atoms with Gasteiger partial charge in [-0.25, -0.2) is 0 Å². The Morgan fingerprint density at radius 3 is 1.91 bits per heavy atom. The third kappa shape index (κ3) is 10.0. The number of aliphatic hydroxyl groups is 1. The molecule has 11 heavy (non-hydrogen) atoms. The monoisotopic (exact) mass is 202 g/mol. The number of carboxylic acid groups (broad SMARTS) is 1. The van der Waals surface area contributed by atoms with Gasteiger partial charge in [-0.15, -0.1) is 23.2 Å². The molecule has 3 nitrogen and oxygen atoms in total. The Balaban J connectivity index is 0. The van der Waals surface area contributed by atoms with Crippen molar-refractivity contribution < 1.29 is 15.0 Å². The minimum absolute atomic E-state index is 0.202. The van der Waals surface area contributed by atoms with Crippen molar-refractivity contribution in [3.8, 4) is 0 Å². The molecule has 0 amide bonds. The quantitative estimate of drug-likeness (QED) is 0.685. The van der Waals surface area contributed by atoms with Crippen molar-refractivity contribution in [1.29, 1.82) is 0 Å². The number of hydrogen-bond acceptors (Lipinski definition) is 2. The van der Waals surface area contributed by atoms with Gasteiger partial charge in [0.25, 0.3) is 0 Å². The van der Waals surface area contributed by atoms with E-state index < -0.39 is 10.3 Å². The van der Waals surface area contributed by atoms with E-state index in [0.717, 1.165) is 7.11 Å². The maximum atomic E-state index is 10.0. The molecule has 2 N–H and O–H groups in total. The number of carbonyl (C=O) groups is 1. The first-order chi connectivity index (χ1) is 4.98. The standard InChI is InChI=1S/C5H8Cl2O2.CH4O/c1-2-5(6,7)3-4(8)9;1-2/h2-3H2,1H3,(H,8,9);2H,1H3. The molecule has 0 aliphatic rings. The molecule has 0 aromatic heterocycles. The van der Waals surface area contributed by atoms with Gasteiger partial charge in [0, 0.05) is 7.11 Å². The maximum absolute atomic E-state index is 10.0. The van der Waals surface area contributed by atoms with Gasteiger partial charge in [-0.1, -0.05) is 6.92 Å². The smallest absolute Gasteiger partial charge is 0.306 e. The third-order valence-electron chi connectivity index (χ3n) is 0.927. The van der Waals surface area contributed by atoms with Gasteiger partial charge < -0.3 is 10.2 Å². The van der Waals surface area contributed by atoms with Gasteiger partial charge in [0.15, 0.2) is 0 Å². The normalized spacial score (nSPS) is 9.91. The fourth-order valence-corrected chi connectivity index (χ4v) is 0.575. The summed E-state index contributed by atoms with van der Waals surface area (Å²) < 4.78 is -1.09. The zero-order chi connectivity index (χ0) is 9.49. The van der Waals surface area contributed by atoms with Crippen molar-refractivity contribution in [3.05, 3.63) is 0 Å². The lowest BCUT2D eigenvalue weighted by atomic mass is 10.2. The second-order valence-corrected chi connectivity index (χ2v) is 3.42. The van der Waals surface area contributed by atoms with Crippen molar-refractivity contribution >= 4 is 29.2 Å². The third-order valence-corrected chi connectivity index (χ3v) is 1.73. The van der Waals surface area contributed by atoms with Gasteiger partial charge in [-0.05, 0) is 6.42 Å². The van der Waals surface area contributed by atoms with E-state index in [0.29, 0.717) is 6.42 Å². The van der Waals surface area contributed by atoms with Gasteiger partial charge in [-0.3, -0.25) is 4.79 Å². The van der Waals surface area contributed by atoms with Crippen LogP contribution in [0.2, 0.25) is 0 Å². The summed E-state index contributed by atoms with van der Waals surface area (Å²) in [4.78, 5) is 10.0. The molecule has 0 rings (SSSR count). The van der Waals surface area contributed by atoms with Crippen molar-refractivity contribution in [2.75, 3.05) is 7.11 Å². The number of carboxylic acids is 1. The van der Waals surface area contributed by atoms with E-state index in [1.54, 1.807) is 6.92 Å². The highest BCUT2D eigenvalue weighted by Gasteiger charge is 2.24. The van der Waals surface area contributed by atoms with Crippen LogP contribution in [-0.2, 0) is 4.79 Å². The fourth-order valence-electron chi connectivity index (χ4n) is 0.346. The molecular formula is C6H12Cl2O3. The van der Waals surface area contributed by atoms with E-state index in [9.17, 15) is 4.79 Å². The molecular weight excluding hydrogens is 191 g/mol. The summed E-state index contributed by atoms with van der Waals surface area (Å²) in [6.45, 7) is 1.74. The predicted octanol–water partition coefficient (Wildman–Crippen LogP) is 1.65. The molecule has 0 unspecified atom stereocenters. The second kappa shape index (κ2) is 6.70. The zero-order valence-corrected chi connectivity index (χ0v) is 7.98. The molecule has 68 valence electrons. The zero-order valence-electron chi connectivity index (χ0n) is 6.47. The van der Waals surface area contributed by atoms with Crippen LogP contribution in [-0.4, -0.2) is 27.6 Å². The lowest BCUT2D eigenvalue weighted by molar-refractivity contribution is -0.137. The lowest BCUT2D eigenvalue weighted by Crippen LogP contribution is -2.16. The maximum Gasteiger partial charge on any atom is 0.306 e. The van der Waals surface area contributed by atoms with Crippen LogP contribution in [0.1, 0.15) is 19.8 Å². The van der Waals surface area contributed by atoms with Crippen LogP contribution in [0.25, 0.3) is 0 Å². The Morgan fingerprint density at radius 1 is 1.45 bits per heavy atom. The molecule has 0 saturated carbocycles. The highest BCUT2D eigenvalue weighted by molar-refractivity contribution is 6.49. The number of aliphatic carboxylic acids is 1. The van der Waals surface area contributed by atoms with E-state index in [2.05, 4.69) is 0 Å². The summed E-state index contributed by atoms with van der Waals surface area (Å²) >= 11 is 11.0. The van der Waals surface area contributed by atoms with E-state index in [4.69, 9.17) is 33.4 Å². The molecule has 0 bridgehead atoms. The first-order valence-electron chi connectivity index (χ1n) is 3.02. The van der Waals surface area contributed by atoms with Crippen molar-refractivity contribution in [2.45, 2.75) is 24.1 Å². The number of aliphatic hydroxyl groups excluding tert-OH is 1. The van der Waals surface area contributed by atoms with Crippen LogP contribution in [0, 0.1) is 0 Å². The van der Waals surface area contributed by atoms with Crippen molar-refractivity contribution in [3.63, 3.8) is 0 Å². The largest absolute Gasteiger partial charge is 0.481 e. The van der Waals surface area contributed by atoms with E-state index in [-0.39, 0.29) is 6.42 Å². The highest BCUT2D eigenvalue weighted by atomic mass is 35.5. The van der Waals surface area contributed by atoms with E-state index in [1.807, 2.05) is 0 Å². The average Bonchev–Trinajstić information content (AvgIpc) is 1.90. The molecule has 0 aromatic rings. The van der Waals surface area contributed by atoms with Crippen molar-refractivity contribution in [1.82, 2.24) is 0 Å². The van der Waals surface area contributed by atoms with Gasteiger partial charge in [0.2, 0.25) is 0 Å². The minimum Gasteiger partial charge on any atom is -0.481 e. The Bertz CT molecular complexity index is 114. The number of hydrogen-bond donors (Lipinski definition) is 2. The summed E-state index contributed by atoms with van der Waals surface area (Å²) in [6.07, 6.45) is 0.245. The SMILES string of the molecule is CCC(Cl)(Cl)CC(=O)O.CO. The van der Waals surface area contributed by atoms with Crippen LogP contribution in [0.3, 0.4) is 0 Å². The fraction of sp³-hybridized carbons (Fsp3) is 0.833. The molecule has 0 atom stereocenters. The molecule has 5 heteroatoms. The number of halogens is 2. The lowest BCUT2D eigenvalue weighted by Gasteiger charge is -2.12. The molecule has 0 spiro atoms. The van der Waals surface area contributed by atoms with Gasteiger partial charge in [-0.2, -0.15) is 0 Å². The molecule has 0 heterocycles. The van der Waals surface area contributed by atoms with Crippen LogP contribution >= 0.6 is 23.2 Å². The molecule has 0 aliphatic heterocycles. The van der Waals surface area contributed by atoms with Crippen LogP contribution in [0.4, 0.5) is 0 Å². The average molecular weight is 203 g/mol. The molecule has 0 aliphatic carbocycles. The summed E-state index contributed by atoms with van der Waals surface area (Å²) in [6, 6.07) is 0. The summed E-state index contributed by atoms with van der Waals surface area (Å²) in [5.74, 6) is -0.971. The van der Waals surface area contributed by atoms with Crippen LogP contribution in [0.5, 0.6) is 0 Å². The second-order valence-electron chi connectivity index (χ2n) is 1.78. The van der Waals surface area contributed by atoms with Gasteiger partial charge >= 0.3 is 5.97 Å². The minimum atomic E-state index is -1.09. The molecule has 0 radical (unpaired) electrons. The number of rotatable bonds is 3. The highest BCUT2D eigenvalue weighted by Crippen LogP contribution is 2.28. The first kappa shape index (κ1) is 13.6. The predicted molar refractivity (Wildman–Crippen MR) is 45.1 cm³/mol. The molecule has 0 saturated heterocycles. The topological polar surface area (TPSA) is 57.5 Å². The Morgan fingerprint density at radius 2 is 1.82 bits per heavy atom. The Labute approximate surface area is 75.9 Å². The van der Waals surface area contributed by atoms with E-state index >= 15 is 0 Å². The number of alkyl halides is 2. The first-order valence-corrected chi connectivity index (χ1v) is 3.78. The summed E-state index contributed by atoms with van der Waals surface area (Å²) in [5.41, 5.74) is 0. The van der Waals surface area contributed by atoms with Crippen LogP contribution in [0.15, 0.2) is 0 Å². The summed E-state index contributed by atoms with van der Waals surface area (Å²) in [5, 5.41) is 15.2. The molecule has 0 fully saturated rings. The van der Waals surface area contributed by atoms with Gasteiger partial charge in [0.1, 0.15) is 4.33 Å². The van der Waals surface area contributed by atoms with Crippen molar-refractivity contribution in [2.24, 2.45) is 0 Å². The van der Waals surface area contributed by atoms with Crippen LogP contribution < -0.4 is 0 Å². The Kier molecular flexibility index (Phi) is 8.28. The van der Waals surface area contributed by atoms with E-state index in [1.165, 1.54) is 0 Å². The van der Waals surface area contributed by atoms with Gasteiger partial charge in [0.05, 0.1) is 6.42 Å². The molecule has 0 aromatic carbocycles.